The van der Waals surface area contributed by atoms with Crippen LogP contribution in [-0.2, 0) is 19.1 Å². The van der Waals surface area contributed by atoms with Crippen molar-refractivity contribution in [3.05, 3.63) is 12.7 Å². The highest BCUT2D eigenvalue weighted by atomic mass is 32.2. The number of fused-ring (bicyclic) bond motifs is 1. The average molecular weight is 507 g/mol. The quantitative estimate of drug-likeness (QED) is 0.248. The van der Waals surface area contributed by atoms with Gasteiger partial charge in [-0.15, -0.1) is 18.3 Å². The van der Waals surface area contributed by atoms with Crippen LogP contribution in [0.15, 0.2) is 12.7 Å². The van der Waals surface area contributed by atoms with Gasteiger partial charge < -0.3 is 19.6 Å². The smallest absolute Gasteiger partial charge is 0.310 e. The molecule has 8 heteroatoms. The molecule has 0 aromatic rings. The number of amides is 2. The molecule has 7 nitrogen and oxygen atoms in total. The van der Waals surface area contributed by atoms with Crippen molar-refractivity contribution in [2.75, 3.05) is 26.3 Å². The summed E-state index contributed by atoms with van der Waals surface area (Å²) in [5.74, 6) is -1.22. The van der Waals surface area contributed by atoms with Gasteiger partial charge in [0.05, 0.1) is 23.2 Å². The Bertz CT molecular complexity index is 800. The molecule has 2 bridgehead atoms. The molecule has 4 aliphatic rings. The van der Waals surface area contributed by atoms with E-state index in [9.17, 15) is 14.4 Å². The zero-order valence-electron chi connectivity index (χ0n) is 21.2. The highest BCUT2D eigenvalue weighted by molar-refractivity contribution is 8.02. The van der Waals surface area contributed by atoms with Gasteiger partial charge in [0, 0.05) is 31.0 Å². The second-order valence-electron chi connectivity index (χ2n) is 10.5. The number of rotatable bonds is 12. The highest BCUT2D eigenvalue weighted by Gasteiger charge is 2.74. The van der Waals surface area contributed by atoms with E-state index in [1.54, 1.807) is 24.8 Å². The number of carbonyl (C=O) groups excluding carboxylic acids is 3. The van der Waals surface area contributed by atoms with Gasteiger partial charge in [0.15, 0.2) is 0 Å². The second kappa shape index (κ2) is 11.7. The van der Waals surface area contributed by atoms with E-state index in [0.717, 1.165) is 64.2 Å². The molecule has 3 saturated heterocycles. The minimum Gasteiger partial charge on any atom is -0.466 e. The van der Waals surface area contributed by atoms with Gasteiger partial charge in [-0.25, -0.2) is 0 Å². The number of ether oxygens (including phenoxy) is 1. The first kappa shape index (κ1) is 26.5. The Morgan fingerprint density at radius 1 is 1.20 bits per heavy atom. The predicted molar refractivity (Wildman–Crippen MR) is 137 cm³/mol. The van der Waals surface area contributed by atoms with E-state index < -0.39 is 22.6 Å². The number of unbranched alkanes of at least 4 members (excludes halogenated alkanes) is 3. The van der Waals surface area contributed by atoms with Crippen molar-refractivity contribution in [1.82, 2.24) is 9.80 Å². The molecule has 1 aliphatic carbocycles. The molecule has 3 heterocycles. The summed E-state index contributed by atoms with van der Waals surface area (Å²) in [6.07, 6.45) is 12.2. The zero-order valence-corrected chi connectivity index (χ0v) is 22.0. The minimum atomic E-state index is -0.546. The molecule has 1 N–H and O–H groups in total. The minimum absolute atomic E-state index is 0.0412. The lowest BCUT2D eigenvalue weighted by atomic mass is 9.71. The molecular weight excluding hydrogens is 464 g/mol. The average Bonchev–Trinajstić information content (AvgIpc) is 3.50. The van der Waals surface area contributed by atoms with Crippen LogP contribution in [0.5, 0.6) is 0 Å². The SMILES string of the molecule is C=CCN(C(=O)C1N(CCCCCCO)C(=O)[C@@H]2[C@@H](C(=O)OCC)[C@H]3CCC12S3)C1CCCCC1. The Balaban J connectivity index is 1.64. The Morgan fingerprint density at radius 3 is 2.63 bits per heavy atom. The number of esters is 1. The molecule has 3 aliphatic heterocycles. The van der Waals surface area contributed by atoms with E-state index in [-0.39, 0.29) is 35.7 Å². The van der Waals surface area contributed by atoms with E-state index in [4.69, 9.17) is 9.84 Å². The number of carbonyl (C=O) groups is 3. The molecule has 1 saturated carbocycles. The Kier molecular flexibility index (Phi) is 8.85. The monoisotopic (exact) mass is 506 g/mol. The Labute approximate surface area is 214 Å². The molecule has 4 fully saturated rings. The summed E-state index contributed by atoms with van der Waals surface area (Å²) in [7, 11) is 0. The zero-order chi connectivity index (χ0) is 25.0. The van der Waals surface area contributed by atoms with Crippen LogP contribution in [0.3, 0.4) is 0 Å². The van der Waals surface area contributed by atoms with Crippen molar-refractivity contribution in [3.63, 3.8) is 0 Å². The summed E-state index contributed by atoms with van der Waals surface area (Å²) in [5, 5.41) is 9.15. The molecule has 0 radical (unpaired) electrons. The first-order valence-electron chi connectivity index (χ1n) is 13.7. The third kappa shape index (κ3) is 4.89. The van der Waals surface area contributed by atoms with Gasteiger partial charge >= 0.3 is 5.97 Å². The molecule has 2 amide bonds. The molecule has 5 atom stereocenters. The van der Waals surface area contributed by atoms with Crippen LogP contribution < -0.4 is 0 Å². The number of hydrogen-bond acceptors (Lipinski definition) is 6. The predicted octanol–water partition coefficient (Wildman–Crippen LogP) is 3.54. The van der Waals surface area contributed by atoms with Crippen LogP contribution >= 0.6 is 11.8 Å². The molecule has 2 unspecified atom stereocenters. The van der Waals surface area contributed by atoms with E-state index in [1.165, 1.54) is 6.42 Å². The Morgan fingerprint density at radius 2 is 1.94 bits per heavy atom. The second-order valence-corrected chi connectivity index (χ2v) is 12.1. The standard InChI is InChI=1S/C27H42N2O5S/c1-3-16-28(19-12-8-7-9-13-19)25(32)23-27-15-14-20(35-27)21(26(33)34-4-2)22(27)24(31)29(23)17-10-5-6-11-18-30/h3,19-23,30H,1,4-18H2,2H3/t20-,21+,22+,23?,27?/m1/s1. The van der Waals surface area contributed by atoms with Crippen molar-refractivity contribution in [1.29, 1.82) is 0 Å². The lowest BCUT2D eigenvalue weighted by Gasteiger charge is -2.41. The van der Waals surface area contributed by atoms with Gasteiger partial charge in [0.2, 0.25) is 11.8 Å². The van der Waals surface area contributed by atoms with Crippen LogP contribution in [-0.4, -0.2) is 81.1 Å². The summed E-state index contributed by atoms with van der Waals surface area (Å²) in [5.41, 5.74) is 0. The van der Waals surface area contributed by atoms with Gasteiger partial charge in [-0.2, -0.15) is 0 Å². The largest absolute Gasteiger partial charge is 0.466 e. The van der Waals surface area contributed by atoms with Crippen LogP contribution in [0.1, 0.15) is 77.6 Å². The van der Waals surface area contributed by atoms with Gasteiger partial charge in [-0.05, 0) is 45.4 Å². The normalized spacial score (nSPS) is 32.1. The molecule has 35 heavy (non-hydrogen) atoms. The molecule has 4 rings (SSSR count). The van der Waals surface area contributed by atoms with Gasteiger partial charge in [0.1, 0.15) is 6.04 Å². The van der Waals surface area contributed by atoms with Gasteiger partial charge in [0.25, 0.3) is 0 Å². The number of aliphatic hydroxyl groups excluding tert-OH is 1. The fourth-order valence-corrected chi connectivity index (χ4v) is 9.24. The molecule has 196 valence electrons. The maximum absolute atomic E-state index is 14.4. The maximum Gasteiger partial charge on any atom is 0.310 e. The first-order chi connectivity index (χ1) is 17.0. The summed E-state index contributed by atoms with van der Waals surface area (Å²) >= 11 is 1.72. The summed E-state index contributed by atoms with van der Waals surface area (Å²) in [4.78, 5) is 45.1. The third-order valence-electron chi connectivity index (χ3n) is 8.52. The first-order valence-corrected chi connectivity index (χ1v) is 14.5. The third-order valence-corrected chi connectivity index (χ3v) is 10.5. The lowest BCUT2D eigenvalue weighted by Crippen LogP contribution is -2.57. The van der Waals surface area contributed by atoms with E-state index in [2.05, 4.69) is 6.58 Å². The van der Waals surface area contributed by atoms with Crippen LogP contribution in [0.25, 0.3) is 0 Å². The maximum atomic E-state index is 14.4. The van der Waals surface area contributed by atoms with Crippen molar-refractivity contribution in [2.24, 2.45) is 11.8 Å². The number of nitrogens with zero attached hydrogens (tertiary/aromatic N) is 2. The van der Waals surface area contributed by atoms with Crippen LogP contribution in [0, 0.1) is 11.8 Å². The summed E-state index contributed by atoms with van der Waals surface area (Å²) in [6.45, 7) is 7.21. The van der Waals surface area contributed by atoms with E-state index >= 15 is 0 Å². The molecule has 0 aromatic carbocycles. The fourth-order valence-electron chi connectivity index (χ4n) is 7.03. The van der Waals surface area contributed by atoms with Crippen LogP contribution in [0.4, 0.5) is 0 Å². The molecule has 0 aromatic heterocycles. The molecule has 1 spiro atoms. The van der Waals surface area contributed by atoms with Crippen molar-refractivity contribution in [2.45, 2.75) is 99.6 Å². The lowest BCUT2D eigenvalue weighted by molar-refractivity contribution is -0.153. The van der Waals surface area contributed by atoms with Crippen molar-refractivity contribution in [3.8, 4) is 0 Å². The number of aliphatic hydroxyl groups is 1. The Hall–Kier alpha value is -1.54. The summed E-state index contributed by atoms with van der Waals surface area (Å²) < 4.78 is 4.87. The van der Waals surface area contributed by atoms with E-state index in [0.29, 0.717) is 19.7 Å². The van der Waals surface area contributed by atoms with Crippen LogP contribution in [0.2, 0.25) is 0 Å². The van der Waals surface area contributed by atoms with Gasteiger partial charge in [-0.3, -0.25) is 14.4 Å². The topological polar surface area (TPSA) is 87.2 Å². The van der Waals surface area contributed by atoms with Crippen molar-refractivity contribution >= 4 is 29.5 Å². The number of thioether (sulfide) groups is 1. The number of likely N-dealkylation sites (tertiary alicyclic amines) is 1. The highest BCUT2D eigenvalue weighted by Crippen LogP contribution is 2.66. The van der Waals surface area contributed by atoms with Crippen molar-refractivity contribution < 1.29 is 24.2 Å². The van der Waals surface area contributed by atoms with E-state index in [1.807, 2.05) is 9.80 Å². The molecular formula is C27H42N2O5S. The number of hydrogen-bond donors (Lipinski definition) is 1. The fraction of sp³-hybridized carbons (Fsp3) is 0.815. The van der Waals surface area contributed by atoms with Gasteiger partial charge in [-0.1, -0.05) is 38.2 Å². The summed E-state index contributed by atoms with van der Waals surface area (Å²) in [6, 6.07) is -0.343.